The van der Waals surface area contributed by atoms with E-state index in [-0.39, 0.29) is 11.2 Å². The molecule has 3 rings (SSSR count). The van der Waals surface area contributed by atoms with Crippen molar-refractivity contribution >= 4 is 9.84 Å². The molecule has 0 spiro atoms. The van der Waals surface area contributed by atoms with Crippen LogP contribution < -0.4 is 10.1 Å². The highest BCUT2D eigenvalue weighted by atomic mass is 32.2. The van der Waals surface area contributed by atoms with Gasteiger partial charge in [-0.1, -0.05) is 19.1 Å². The molecule has 1 aromatic carbocycles. The molecule has 1 aromatic rings. The summed E-state index contributed by atoms with van der Waals surface area (Å²) in [7, 11) is -2.86. The minimum atomic E-state index is -2.86. The quantitative estimate of drug-likeness (QED) is 0.912. The highest BCUT2D eigenvalue weighted by molar-refractivity contribution is 7.91. The topological polar surface area (TPSA) is 55.4 Å². The molecule has 0 saturated carbocycles. The molecule has 2 aliphatic heterocycles. The van der Waals surface area contributed by atoms with Gasteiger partial charge in [-0.05, 0) is 18.1 Å². The van der Waals surface area contributed by atoms with Crippen LogP contribution in [-0.2, 0) is 22.9 Å². The van der Waals surface area contributed by atoms with E-state index in [0.29, 0.717) is 18.8 Å². The van der Waals surface area contributed by atoms with Crippen molar-refractivity contribution in [3.05, 3.63) is 29.3 Å². The summed E-state index contributed by atoms with van der Waals surface area (Å²) in [6, 6.07) is 6.07. The Morgan fingerprint density at radius 2 is 2.21 bits per heavy atom. The van der Waals surface area contributed by atoms with Crippen molar-refractivity contribution in [1.29, 1.82) is 0 Å². The fourth-order valence-corrected chi connectivity index (χ4v) is 5.12. The molecule has 19 heavy (non-hydrogen) atoms. The Balaban J connectivity index is 1.72. The normalized spacial score (nSPS) is 28.3. The molecular formula is C14H19NO3S. The summed E-state index contributed by atoms with van der Waals surface area (Å²) in [5, 5.41) is 3.30. The molecule has 1 fully saturated rings. The van der Waals surface area contributed by atoms with Crippen molar-refractivity contribution in [1.82, 2.24) is 5.32 Å². The van der Waals surface area contributed by atoms with Gasteiger partial charge < -0.3 is 10.1 Å². The van der Waals surface area contributed by atoms with Gasteiger partial charge in [-0.3, -0.25) is 0 Å². The summed E-state index contributed by atoms with van der Waals surface area (Å²) < 4.78 is 29.1. The van der Waals surface area contributed by atoms with Crippen LogP contribution >= 0.6 is 0 Å². The first-order chi connectivity index (χ1) is 8.98. The highest BCUT2D eigenvalue weighted by Crippen LogP contribution is 2.34. The minimum Gasteiger partial charge on any atom is -0.493 e. The molecule has 0 bridgehead atoms. The third-order valence-corrected chi connectivity index (χ3v) is 5.97. The predicted octanol–water partition coefficient (Wildman–Crippen LogP) is 1.49. The Labute approximate surface area is 114 Å². The Morgan fingerprint density at radius 1 is 1.37 bits per heavy atom. The van der Waals surface area contributed by atoms with Gasteiger partial charge >= 0.3 is 0 Å². The summed E-state index contributed by atoms with van der Waals surface area (Å²) >= 11 is 0. The van der Waals surface area contributed by atoms with Gasteiger partial charge in [-0.25, -0.2) is 8.42 Å². The van der Waals surface area contributed by atoms with Crippen LogP contribution in [0.2, 0.25) is 0 Å². The second kappa shape index (κ2) is 4.49. The molecule has 1 saturated heterocycles. The van der Waals surface area contributed by atoms with Crippen LogP contribution in [0.3, 0.4) is 0 Å². The van der Waals surface area contributed by atoms with E-state index in [9.17, 15) is 8.42 Å². The largest absolute Gasteiger partial charge is 0.493 e. The van der Waals surface area contributed by atoms with Gasteiger partial charge in [0, 0.05) is 24.1 Å². The third kappa shape index (κ3) is 2.62. The van der Waals surface area contributed by atoms with Crippen LogP contribution in [0.5, 0.6) is 5.75 Å². The third-order valence-electron chi connectivity index (χ3n) is 4.01. The SMILES string of the molecule is CC1(COc2cccc3c2CNC3)CCS(=O)(=O)C1. The summed E-state index contributed by atoms with van der Waals surface area (Å²) in [6.45, 7) is 4.19. The lowest BCUT2D eigenvalue weighted by Gasteiger charge is -2.23. The molecule has 104 valence electrons. The summed E-state index contributed by atoms with van der Waals surface area (Å²) in [5.74, 6) is 1.43. The molecule has 0 aromatic heterocycles. The van der Waals surface area contributed by atoms with Gasteiger partial charge in [0.1, 0.15) is 5.75 Å². The Kier molecular flexibility index (Phi) is 3.06. The van der Waals surface area contributed by atoms with E-state index in [2.05, 4.69) is 11.4 Å². The lowest BCUT2D eigenvalue weighted by molar-refractivity contribution is 0.185. The van der Waals surface area contributed by atoms with E-state index in [4.69, 9.17) is 4.74 Å². The number of hydrogen-bond acceptors (Lipinski definition) is 4. The zero-order valence-electron chi connectivity index (χ0n) is 11.1. The number of sulfone groups is 1. The zero-order valence-corrected chi connectivity index (χ0v) is 11.9. The maximum Gasteiger partial charge on any atom is 0.151 e. The van der Waals surface area contributed by atoms with E-state index < -0.39 is 9.84 Å². The molecule has 0 amide bonds. The van der Waals surface area contributed by atoms with E-state index in [1.54, 1.807) is 0 Å². The van der Waals surface area contributed by atoms with Gasteiger partial charge in [0.2, 0.25) is 0 Å². The molecular weight excluding hydrogens is 262 g/mol. The first-order valence-corrected chi connectivity index (χ1v) is 8.44. The number of nitrogens with one attached hydrogen (secondary N) is 1. The zero-order chi connectivity index (χ0) is 13.5. The summed E-state index contributed by atoms with van der Waals surface area (Å²) in [5.41, 5.74) is 2.25. The van der Waals surface area contributed by atoms with E-state index in [0.717, 1.165) is 18.8 Å². The second-order valence-corrected chi connectivity index (χ2v) is 8.12. The van der Waals surface area contributed by atoms with Gasteiger partial charge in [0.15, 0.2) is 9.84 Å². The molecule has 0 aliphatic carbocycles. The lowest BCUT2D eigenvalue weighted by Crippen LogP contribution is -2.26. The smallest absolute Gasteiger partial charge is 0.151 e. The highest BCUT2D eigenvalue weighted by Gasteiger charge is 2.39. The van der Waals surface area contributed by atoms with E-state index in [1.165, 1.54) is 11.1 Å². The maximum absolute atomic E-state index is 11.6. The average Bonchev–Trinajstić information content (AvgIpc) is 2.92. The average molecular weight is 281 g/mol. The molecule has 4 nitrogen and oxygen atoms in total. The second-order valence-electron chi connectivity index (χ2n) is 5.94. The lowest BCUT2D eigenvalue weighted by atomic mass is 9.91. The number of benzene rings is 1. The monoisotopic (exact) mass is 281 g/mol. The molecule has 1 atom stereocenters. The molecule has 5 heteroatoms. The fourth-order valence-electron chi connectivity index (χ4n) is 2.88. The van der Waals surface area contributed by atoms with Crippen molar-refractivity contribution in [2.75, 3.05) is 18.1 Å². The van der Waals surface area contributed by atoms with Crippen LogP contribution in [0.15, 0.2) is 18.2 Å². The first kappa shape index (κ1) is 12.9. The minimum absolute atomic E-state index is 0.242. The standard InChI is InChI=1S/C14H19NO3S/c1-14(5-6-19(16,17)10-14)9-18-13-4-2-3-11-7-15-8-12(11)13/h2-4,15H,5-10H2,1H3. The number of hydrogen-bond donors (Lipinski definition) is 1. The molecule has 2 heterocycles. The molecule has 0 radical (unpaired) electrons. The van der Waals surface area contributed by atoms with Crippen LogP contribution in [-0.4, -0.2) is 26.5 Å². The van der Waals surface area contributed by atoms with Crippen molar-refractivity contribution in [3.8, 4) is 5.75 Å². The van der Waals surface area contributed by atoms with Crippen molar-refractivity contribution in [2.45, 2.75) is 26.4 Å². The van der Waals surface area contributed by atoms with Crippen molar-refractivity contribution in [3.63, 3.8) is 0 Å². The summed E-state index contributed by atoms with van der Waals surface area (Å²) in [4.78, 5) is 0. The number of rotatable bonds is 3. The van der Waals surface area contributed by atoms with E-state index >= 15 is 0 Å². The number of ether oxygens (including phenoxy) is 1. The Hall–Kier alpha value is -1.07. The Bertz CT molecular complexity index is 597. The molecule has 1 unspecified atom stereocenters. The van der Waals surface area contributed by atoms with Crippen molar-refractivity contribution in [2.24, 2.45) is 5.41 Å². The van der Waals surface area contributed by atoms with Gasteiger partial charge in [-0.2, -0.15) is 0 Å². The van der Waals surface area contributed by atoms with Crippen molar-refractivity contribution < 1.29 is 13.2 Å². The molecule has 2 aliphatic rings. The fraction of sp³-hybridized carbons (Fsp3) is 0.571. The van der Waals surface area contributed by atoms with Crippen LogP contribution in [0, 0.1) is 5.41 Å². The number of fused-ring (bicyclic) bond motifs is 1. The Morgan fingerprint density at radius 3 is 2.95 bits per heavy atom. The molecule has 1 N–H and O–H groups in total. The van der Waals surface area contributed by atoms with Gasteiger partial charge in [0.05, 0.1) is 18.1 Å². The van der Waals surface area contributed by atoms with Crippen LogP contribution in [0.1, 0.15) is 24.5 Å². The van der Waals surface area contributed by atoms with Gasteiger partial charge in [0.25, 0.3) is 0 Å². The predicted molar refractivity (Wildman–Crippen MR) is 73.9 cm³/mol. The maximum atomic E-state index is 11.6. The van der Waals surface area contributed by atoms with Crippen LogP contribution in [0.4, 0.5) is 0 Å². The van der Waals surface area contributed by atoms with Crippen LogP contribution in [0.25, 0.3) is 0 Å². The van der Waals surface area contributed by atoms with E-state index in [1.807, 2.05) is 19.1 Å². The van der Waals surface area contributed by atoms with Gasteiger partial charge in [-0.15, -0.1) is 0 Å². The summed E-state index contributed by atoms with van der Waals surface area (Å²) in [6.07, 6.45) is 0.697. The first-order valence-electron chi connectivity index (χ1n) is 6.62.